The molecule has 0 amide bonds. The van der Waals surface area contributed by atoms with Crippen molar-refractivity contribution in [3.63, 3.8) is 0 Å². The summed E-state index contributed by atoms with van der Waals surface area (Å²) in [6.45, 7) is -0.176. The lowest BCUT2D eigenvalue weighted by Crippen LogP contribution is -2.34. The van der Waals surface area contributed by atoms with Gasteiger partial charge in [-0.2, -0.15) is 0 Å². The van der Waals surface area contributed by atoms with Gasteiger partial charge >= 0.3 is 5.97 Å². The summed E-state index contributed by atoms with van der Waals surface area (Å²) in [4.78, 5) is 11.4. The highest BCUT2D eigenvalue weighted by Gasteiger charge is 2.22. The highest BCUT2D eigenvalue weighted by molar-refractivity contribution is 5.75. The minimum atomic E-state index is -0.607. The Kier molecular flexibility index (Phi) is 4.90. The normalized spacial score (nSPS) is 19.6. The fourth-order valence-electron chi connectivity index (χ4n) is 1.68. The summed E-state index contributed by atoms with van der Waals surface area (Å²) in [5.41, 5.74) is 5.57. The standard InChI is InChI=1S/C10H18NO3/c11-9(6-3-7-12)10(13)14-8-4-1-2-5-8/h8-9H,1-7,11H2. The van der Waals surface area contributed by atoms with Crippen LogP contribution in [0.15, 0.2) is 0 Å². The predicted molar refractivity (Wildman–Crippen MR) is 51.1 cm³/mol. The van der Waals surface area contributed by atoms with E-state index in [0.717, 1.165) is 25.7 Å². The molecular weight excluding hydrogens is 182 g/mol. The maximum Gasteiger partial charge on any atom is 0.323 e. The molecule has 0 aromatic rings. The van der Waals surface area contributed by atoms with Gasteiger partial charge in [0.2, 0.25) is 0 Å². The van der Waals surface area contributed by atoms with Gasteiger partial charge in [0.05, 0.1) is 6.61 Å². The third kappa shape index (κ3) is 3.64. The number of esters is 1. The molecule has 14 heavy (non-hydrogen) atoms. The van der Waals surface area contributed by atoms with E-state index in [2.05, 4.69) is 0 Å². The average Bonchev–Trinajstić information content (AvgIpc) is 2.66. The highest BCUT2D eigenvalue weighted by Crippen LogP contribution is 2.21. The van der Waals surface area contributed by atoms with Gasteiger partial charge in [-0.15, -0.1) is 0 Å². The number of hydrogen-bond donors (Lipinski definition) is 1. The van der Waals surface area contributed by atoms with Crippen LogP contribution in [0.5, 0.6) is 0 Å². The fraction of sp³-hybridized carbons (Fsp3) is 0.900. The van der Waals surface area contributed by atoms with Crippen LogP contribution in [0.2, 0.25) is 0 Å². The van der Waals surface area contributed by atoms with E-state index in [-0.39, 0.29) is 18.7 Å². The van der Waals surface area contributed by atoms with Crippen molar-refractivity contribution in [2.45, 2.75) is 50.7 Å². The molecule has 0 spiro atoms. The Balaban J connectivity index is 2.18. The third-order valence-corrected chi connectivity index (χ3v) is 2.55. The van der Waals surface area contributed by atoms with Crippen molar-refractivity contribution in [3.8, 4) is 0 Å². The van der Waals surface area contributed by atoms with E-state index in [1.54, 1.807) is 0 Å². The molecule has 81 valence electrons. The molecule has 1 rings (SSSR count). The molecule has 0 heterocycles. The lowest BCUT2D eigenvalue weighted by atomic mass is 10.2. The van der Waals surface area contributed by atoms with E-state index in [0.29, 0.717) is 12.8 Å². The van der Waals surface area contributed by atoms with Crippen LogP contribution in [0.3, 0.4) is 0 Å². The van der Waals surface area contributed by atoms with Gasteiger partial charge in [0.25, 0.3) is 0 Å². The molecule has 1 fully saturated rings. The third-order valence-electron chi connectivity index (χ3n) is 2.55. The zero-order valence-electron chi connectivity index (χ0n) is 8.41. The lowest BCUT2D eigenvalue weighted by Gasteiger charge is -2.15. The second-order valence-electron chi connectivity index (χ2n) is 3.80. The van der Waals surface area contributed by atoms with Crippen LogP contribution >= 0.6 is 0 Å². The Morgan fingerprint density at radius 1 is 1.43 bits per heavy atom. The number of nitrogens with two attached hydrogens (primary N) is 1. The van der Waals surface area contributed by atoms with Crippen LogP contribution in [-0.4, -0.2) is 24.7 Å². The fourth-order valence-corrected chi connectivity index (χ4v) is 1.68. The van der Waals surface area contributed by atoms with Crippen molar-refractivity contribution in [1.29, 1.82) is 0 Å². The molecule has 1 aliphatic carbocycles. The van der Waals surface area contributed by atoms with Gasteiger partial charge in [-0.05, 0) is 38.5 Å². The van der Waals surface area contributed by atoms with E-state index in [9.17, 15) is 9.90 Å². The summed E-state index contributed by atoms with van der Waals surface area (Å²) >= 11 is 0. The molecule has 4 heteroatoms. The number of carbonyl (C=O) groups excluding carboxylic acids is 1. The predicted octanol–water partition coefficient (Wildman–Crippen LogP) is 1.01. The maximum absolute atomic E-state index is 11.4. The molecule has 1 unspecified atom stereocenters. The first-order valence-electron chi connectivity index (χ1n) is 5.28. The number of hydrogen-bond acceptors (Lipinski definition) is 3. The van der Waals surface area contributed by atoms with Crippen molar-refractivity contribution in [2.24, 2.45) is 5.73 Å². The molecule has 0 aromatic heterocycles. The minimum Gasteiger partial charge on any atom is -0.461 e. The molecule has 1 aliphatic rings. The van der Waals surface area contributed by atoms with Crippen LogP contribution in [0.4, 0.5) is 0 Å². The smallest absolute Gasteiger partial charge is 0.323 e. The average molecular weight is 200 g/mol. The zero-order valence-corrected chi connectivity index (χ0v) is 8.41. The Bertz CT molecular complexity index is 178. The largest absolute Gasteiger partial charge is 0.461 e. The maximum atomic E-state index is 11.4. The van der Waals surface area contributed by atoms with Gasteiger partial charge < -0.3 is 10.5 Å². The molecule has 0 bridgehead atoms. The van der Waals surface area contributed by atoms with Crippen molar-refractivity contribution < 1.29 is 14.6 Å². The van der Waals surface area contributed by atoms with Gasteiger partial charge in [0.15, 0.2) is 0 Å². The number of ether oxygens (including phenoxy) is 1. The van der Waals surface area contributed by atoms with Crippen LogP contribution in [0.1, 0.15) is 38.5 Å². The second-order valence-corrected chi connectivity index (χ2v) is 3.80. The Labute approximate surface area is 84.4 Å². The minimum absolute atomic E-state index is 0.0702. The van der Waals surface area contributed by atoms with E-state index >= 15 is 0 Å². The first-order chi connectivity index (χ1) is 6.74. The molecule has 2 N–H and O–H groups in total. The first kappa shape index (κ1) is 11.5. The van der Waals surface area contributed by atoms with Gasteiger partial charge in [-0.1, -0.05) is 0 Å². The van der Waals surface area contributed by atoms with E-state index in [1.165, 1.54) is 0 Å². The monoisotopic (exact) mass is 200 g/mol. The molecule has 0 aliphatic heterocycles. The van der Waals surface area contributed by atoms with E-state index < -0.39 is 6.04 Å². The number of carbonyl (C=O) groups is 1. The molecular formula is C10H18NO3. The lowest BCUT2D eigenvalue weighted by molar-refractivity contribution is -0.150. The zero-order chi connectivity index (χ0) is 10.4. The van der Waals surface area contributed by atoms with Crippen LogP contribution in [0.25, 0.3) is 0 Å². The van der Waals surface area contributed by atoms with Gasteiger partial charge in [0.1, 0.15) is 12.1 Å². The Hall–Kier alpha value is -0.610. The van der Waals surface area contributed by atoms with E-state index in [4.69, 9.17) is 10.5 Å². The summed E-state index contributed by atoms with van der Waals surface area (Å²) in [5, 5.41) is 10.2. The van der Waals surface area contributed by atoms with Crippen molar-refractivity contribution in [2.75, 3.05) is 6.61 Å². The van der Waals surface area contributed by atoms with Crippen molar-refractivity contribution in [1.82, 2.24) is 0 Å². The number of rotatable bonds is 5. The summed E-state index contributed by atoms with van der Waals surface area (Å²) in [6, 6.07) is -0.607. The Morgan fingerprint density at radius 3 is 2.64 bits per heavy atom. The van der Waals surface area contributed by atoms with Crippen molar-refractivity contribution in [3.05, 3.63) is 0 Å². The van der Waals surface area contributed by atoms with Gasteiger partial charge in [0, 0.05) is 0 Å². The summed E-state index contributed by atoms with van der Waals surface area (Å²) < 4.78 is 5.20. The summed E-state index contributed by atoms with van der Waals surface area (Å²) in [6.07, 6.45) is 5.14. The Morgan fingerprint density at radius 2 is 2.07 bits per heavy atom. The topological polar surface area (TPSA) is 72.2 Å². The van der Waals surface area contributed by atoms with E-state index in [1.807, 2.05) is 0 Å². The van der Waals surface area contributed by atoms with Crippen LogP contribution in [-0.2, 0) is 14.6 Å². The van der Waals surface area contributed by atoms with Gasteiger partial charge in [-0.3, -0.25) is 4.79 Å². The SMILES string of the molecule is NC(CCC[O])C(=O)OC1CCCC1. The summed E-state index contributed by atoms with van der Waals surface area (Å²) in [7, 11) is 0. The first-order valence-corrected chi connectivity index (χ1v) is 5.28. The van der Waals surface area contributed by atoms with Crippen molar-refractivity contribution >= 4 is 5.97 Å². The molecule has 0 aromatic carbocycles. The molecule has 1 saturated carbocycles. The highest BCUT2D eigenvalue weighted by atomic mass is 16.5. The molecule has 1 radical (unpaired) electrons. The summed E-state index contributed by atoms with van der Waals surface area (Å²) in [5.74, 6) is -0.342. The second kappa shape index (κ2) is 5.98. The van der Waals surface area contributed by atoms with Crippen LogP contribution in [0, 0.1) is 0 Å². The molecule has 4 nitrogen and oxygen atoms in total. The molecule has 1 atom stereocenters. The molecule has 0 saturated heterocycles. The van der Waals surface area contributed by atoms with Gasteiger partial charge in [-0.25, -0.2) is 5.11 Å². The van der Waals surface area contributed by atoms with Crippen LogP contribution < -0.4 is 5.73 Å². The quantitative estimate of drug-likeness (QED) is 0.673.